The lowest BCUT2D eigenvalue weighted by Gasteiger charge is -2.10. The summed E-state index contributed by atoms with van der Waals surface area (Å²) in [4.78, 5) is 11.8. The summed E-state index contributed by atoms with van der Waals surface area (Å²) in [5.74, 6) is 1.17. The fourth-order valence-corrected chi connectivity index (χ4v) is 2.28. The summed E-state index contributed by atoms with van der Waals surface area (Å²) in [5, 5.41) is 3.47. The summed E-state index contributed by atoms with van der Waals surface area (Å²) in [5.41, 5.74) is 1.88. The Morgan fingerprint density at radius 2 is 1.84 bits per heavy atom. The van der Waals surface area contributed by atoms with Gasteiger partial charge in [-0.1, -0.05) is 55.8 Å². The summed E-state index contributed by atoms with van der Waals surface area (Å²) in [6.07, 6.45) is 0. The highest BCUT2D eigenvalue weighted by atomic mass is 35.5. The molecule has 2 rings (SSSR count). The molecule has 0 atom stereocenters. The van der Waals surface area contributed by atoms with Gasteiger partial charge in [0.05, 0.1) is 13.2 Å². The van der Waals surface area contributed by atoms with Crippen LogP contribution in [0.25, 0.3) is 0 Å². The van der Waals surface area contributed by atoms with Crippen LogP contribution >= 0.6 is 11.6 Å². The monoisotopic (exact) mass is 361 g/mol. The second kappa shape index (κ2) is 10.1. The van der Waals surface area contributed by atoms with Crippen LogP contribution in [-0.4, -0.2) is 19.1 Å². The normalized spacial score (nSPS) is 10.7. The number of amides is 1. The first-order chi connectivity index (χ1) is 12.0. The number of benzene rings is 2. The van der Waals surface area contributed by atoms with E-state index < -0.39 is 0 Å². The molecule has 0 saturated carbocycles. The lowest BCUT2D eigenvalue weighted by Crippen LogP contribution is -2.27. The fraction of sp³-hybridized carbons (Fsp3) is 0.350. The van der Waals surface area contributed by atoms with E-state index in [0.717, 1.165) is 16.9 Å². The molecule has 25 heavy (non-hydrogen) atoms. The first-order valence-corrected chi connectivity index (χ1v) is 8.72. The van der Waals surface area contributed by atoms with Crippen LogP contribution in [0.4, 0.5) is 0 Å². The molecule has 134 valence electrons. The molecule has 0 bridgehead atoms. The number of carbonyl (C=O) groups is 1. The maximum atomic E-state index is 11.8. The third-order valence-electron chi connectivity index (χ3n) is 3.44. The van der Waals surface area contributed by atoms with Crippen molar-refractivity contribution in [2.24, 2.45) is 5.92 Å². The van der Waals surface area contributed by atoms with Crippen LogP contribution < -0.4 is 10.1 Å². The zero-order chi connectivity index (χ0) is 18.1. The van der Waals surface area contributed by atoms with Crippen molar-refractivity contribution in [3.8, 4) is 5.75 Å². The van der Waals surface area contributed by atoms with E-state index in [9.17, 15) is 4.79 Å². The molecule has 2 aromatic carbocycles. The fourth-order valence-electron chi connectivity index (χ4n) is 2.09. The number of ether oxygens (including phenoxy) is 2. The molecule has 0 aliphatic rings. The summed E-state index contributed by atoms with van der Waals surface area (Å²) in [6, 6.07) is 15.1. The van der Waals surface area contributed by atoms with E-state index >= 15 is 0 Å². The van der Waals surface area contributed by atoms with Gasteiger partial charge in [-0.3, -0.25) is 4.79 Å². The number of rotatable bonds is 9. The Morgan fingerprint density at radius 3 is 2.52 bits per heavy atom. The molecule has 2 aromatic rings. The molecule has 0 unspecified atom stereocenters. The van der Waals surface area contributed by atoms with E-state index in [-0.39, 0.29) is 12.5 Å². The minimum Gasteiger partial charge on any atom is -0.493 e. The molecule has 5 heteroatoms. The molecule has 0 radical (unpaired) electrons. The van der Waals surface area contributed by atoms with E-state index in [0.29, 0.717) is 30.7 Å². The minimum absolute atomic E-state index is 0.000800. The first-order valence-electron chi connectivity index (χ1n) is 8.34. The Hall–Kier alpha value is -2.04. The summed E-state index contributed by atoms with van der Waals surface area (Å²) in [6.45, 7) is 5.68. The van der Waals surface area contributed by atoms with Gasteiger partial charge in [0, 0.05) is 11.6 Å². The zero-order valence-corrected chi connectivity index (χ0v) is 15.4. The summed E-state index contributed by atoms with van der Waals surface area (Å²) in [7, 11) is 0. The number of halogens is 1. The SMILES string of the molecule is CC(C)COc1ccc(CNC(=O)COCc2ccccc2Cl)cc1. The Bertz CT molecular complexity index is 671. The van der Waals surface area contributed by atoms with E-state index in [1.165, 1.54) is 0 Å². The van der Waals surface area contributed by atoms with Gasteiger partial charge in [0.1, 0.15) is 12.4 Å². The van der Waals surface area contributed by atoms with Crippen LogP contribution in [0.2, 0.25) is 5.02 Å². The van der Waals surface area contributed by atoms with Gasteiger partial charge in [0.15, 0.2) is 0 Å². The minimum atomic E-state index is -0.160. The van der Waals surface area contributed by atoms with E-state index in [1.807, 2.05) is 42.5 Å². The Morgan fingerprint density at radius 1 is 1.12 bits per heavy atom. The standard InChI is InChI=1S/C20H24ClNO3/c1-15(2)12-25-18-9-7-16(8-10-18)11-22-20(23)14-24-13-17-5-3-4-6-19(17)21/h3-10,15H,11-14H2,1-2H3,(H,22,23). The average Bonchev–Trinajstić information content (AvgIpc) is 2.60. The predicted molar refractivity (Wildman–Crippen MR) is 99.7 cm³/mol. The van der Waals surface area contributed by atoms with Crippen LogP contribution in [0.15, 0.2) is 48.5 Å². The Kier molecular flexibility index (Phi) is 7.76. The zero-order valence-electron chi connectivity index (χ0n) is 14.6. The van der Waals surface area contributed by atoms with Gasteiger partial charge in [0.2, 0.25) is 5.91 Å². The summed E-state index contributed by atoms with van der Waals surface area (Å²) < 4.78 is 11.0. The van der Waals surface area contributed by atoms with Crippen molar-refractivity contribution in [1.29, 1.82) is 0 Å². The van der Waals surface area contributed by atoms with Crippen molar-refractivity contribution in [3.05, 3.63) is 64.7 Å². The number of carbonyl (C=O) groups excluding carboxylic acids is 1. The average molecular weight is 362 g/mol. The van der Waals surface area contributed by atoms with Gasteiger partial charge in [0.25, 0.3) is 0 Å². The Labute approximate surface area is 154 Å². The molecule has 1 amide bonds. The van der Waals surface area contributed by atoms with Gasteiger partial charge in [-0.15, -0.1) is 0 Å². The molecule has 1 N–H and O–H groups in total. The van der Waals surface area contributed by atoms with Crippen molar-refractivity contribution in [1.82, 2.24) is 5.32 Å². The van der Waals surface area contributed by atoms with Gasteiger partial charge in [-0.05, 0) is 35.2 Å². The van der Waals surface area contributed by atoms with E-state index in [2.05, 4.69) is 19.2 Å². The van der Waals surface area contributed by atoms with E-state index in [1.54, 1.807) is 6.07 Å². The number of hydrogen-bond donors (Lipinski definition) is 1. The van der Waals surface area contributed by atoms with Crippen LogP contribution in [-0.2, 0) is 22.7 Å². The maximum absolute atomic E-state index is 11.8. The molecule has 0 saturated heterocycles. The van der Waals surface area contributed by atoms with Gasteiger partial charge >= 0.3 is 0 Å². The van der Waals surface area contributed by atoms with Crippen LogP contribution in [0.3, 0.4) is 0 Å². The van der Waals surface area contributed by atoms with Gasteiger partial charge < -0.3 is 14.8 Å². The molecule has 0 heterocycles. The van der Waals surface area contributed by atoms with Gasteiger partial charge in [-0.25, -0.2) is 0 Å². The molecule has 0 aliphatic heterocycles. The maximum Gasteiger partial charge on any atom is 0.246 e. The van der Waals surface area contributed by atoms with Crippen LogP contribution in [0, 0.1) is 5.92 Å². The van der Waals surface area contributed by atoms with Crippen molar-refractivity contribution in [3.63, 3.8) is 0 Å². The third kappa shape index (κ3) is 7.16. The van der Waals surface area contributed by atoms with Gasteiger partial charge in [-0.2, -0.15) is 0 Å². The van der Waals surface area contributed by atoms with Crippen molar-refractivity contribution in [2.75, 3.05) is 13.2 Å². The molecule has 0 aromatic heterocycles. The Balaban J connectivity index is 1.68. The smallest absolute Gasteiger partial charge is 0.246 e. The van der Waals surface area contributed by atoms with Crippen LogP contribution in [0.5, 0.6) is 5.75 Å². The lowest BCUT2D eigenvalue weighted by atomic mass is 10.2. The molecule has 0 fully saturated rings. The van der Waals surface area contributed by atoms with Crippen molar-refractivity contribution in [2.45, 2.75) is 27.0 Å². The largest absolute Gasteiger partial charge is 0.493 e. The van der Waals surface area contributed by atoms with Crippen molar-refractivity contribution >= 4 is 17.5 Å². The highest BCUT2D eigenvalue weighted by Crippen LogP contribution is 2.15. The topological polar surface area (TPSA) is 47.6 Å². The quantitative estimate of drug-likeness (QED) is 0.727. The highest BCUT2D eigenvalue weighted by molar-refractivity contribution is 6.31. The summed E-state index contributed by atoms with van der Waals surface area (Å²) >= 11 is 6.04. The molecule has 0 spiro atoms. The second-order valence-corrected chi connectivity index (χ2v) is 6.62. The number of nitrogens with one attached hydrogen (secondary N) is 1. The first kappa shape index (κ1) is 19.3. The lowest BCUT2D eigenvalue weighted by molar-refractivity contribution is -0.126. The number of hydrogen-bond acceptors (Lipinski definition) is 3. The van der Waals surface area contributed by atoms with Crippen molar-refractivity contribution < 1.29 is 14.3 Å². The predicted octanol–water partition coefficient (Wildman–Crippen LogP) is 4.21. The highest BCUT2D eigenvalue weighted by Gasteiger charge is 2.04. The van der Waals surface area contributed by atoms with Crippen LogP contribution in [0.1, 0.15) is 25.0 Å². The van der Waals surface area contributed by atoms with E-state index in [4.69, 9.17) is 21.1 Å². The molecular weight excluding hydrogens is 338 g/mol. The second-order valence-electron chi connectivity index (χ2n) is 6.21. The third-order valence-corrected chi connectivity index (χ3v) is 3.81. The molecular formula is C20H24ClNO3. The molecule has 0 aliphatic carbocycles. The molecule has 4 nitrogen and oxygen atoms in total.